The summed E-state index contributed by atoms with van der Waals surface area (Å²) in [6.07, 6.45) is 1.74. The van der Waals surface area contributed by atoms with Crippen molar-refractivity contribution >= 4 is 45.0 Å². The van der Waals surface area contributed by atoms with E-state index in [4.69, 9.17) is 11.6 Å². The molecule has 0 saturated carbocycles. The van der Waals surface area contributed by atoms with Gasteiger partial charge in [-0.2, -0.15) is 5.10 Å². The molecule has 3 heterocycles. The van der Waals surface area contributed by atoms with E-state index in [-0.39, 0.29) is 11.9 Å². The van der Waals surface area contributed by atoms with Crippen molar-refractivity contribution in [2.45, 2.75) is 26.8 Å². The largest absolute Gasteiger partial charge is 0.298 e. The molecule has 0 aliphatic rings. The van der Waals surface area contributed by atoms with Gasteiger partial charge in [0.05, 0.1) is 23.1 Å². The molecule has 4 rings (SSSR count). The van der Waals surface area contributed by atoms with E-state index in [1.165, 1.54) is 11.3 Å². The molecule has 0 spiro atoms. The van der Waals surface area contributed by atoms with E-state index < -0.39 is 0 Å². The predicted molar refractivity (Wildman–Crippen MR) is 113 cm³/mol. The number of nitrogens with zero attached hydrogens (tertiary/aromatic N) is 4. The Labute approximate surface area is 171 Å². The first-order valence-electron chi connectivity index (χ1n) is 8.80. The number of aromatic nitrogens is 4. The number of anilines is 1. The van der Waals surface area contributed by atoms with Crippen LogP contribution in [0.2, 0.25) is 5.02 Å². The number of pyridine rings is 1. The number of rotatable bonds is 4. The summed E-state index contributed by atoms with van der Waals surface area (Å²) in [5.74, 6) is -0.235. The molecule has 28 heavy (non-hydrogen) atoms. The fraction of sp³-hybridized carbons (Fsp3) is 0.200. The third-order valence-electron chi connectivity index (χ3n) is 4.36. The molecule has 142 valence electrons. The Kier molecular flexibility index (Phi) is 4.87. The molecule has 1 amide bonds. The minimum Gasteiger partial charge on any atom is -0.298 e. The van der Waals surface area contributed by atoms with Crippen molar-refractivity contribution < 1.29 is 4.79 Å². The van der Waals surface area contributed by atoms with Crippen LogP contribution in [0.4, 0.5) is 5.13 Å². The number of aryl methyl sites for hydroxylation is 1. The third kappa shape index (κ3) is 3.50. The fourth-order valence-corrected chi connectivity index (χ4v) is 3.76. The Hall–Kier alpha value is -2.77. The molecule has 1 N–H and O–H groups in total. The van der Waals surface area contributed by atoms with Gasteiger partial charge in [-0.05, 0) is 39.0 Å². The van der Waals surface area contributed by atoms with Crippen LogP contribution in [0.5, 0.6) is 0 Å². The maximum Gasteiger partial charge on any atom is 0.259 e. The van der Waals surface area contributed by atoms with E-state index in [2.05, 4.69) is 20.4 Å². The maximum absolute atomic E-state index is 12.8. The van der Waals surface area contributed by atoms with Crippen LogP contribution < -0.4 is 5.32 Å². The lowest BCUT2D eigenvalue weighted by molar-refractivity contribution is 0.102. The van der Waals surface area contributed by atoms with E-state index in [9.17, 15) is 4.79 Å². The molecule has 0 bridgehead atoms. The number of carbonyl (C=O) groups is 1. The zero-order valence-corrected chi connectivity index (χ0v) is 17.2. The number of nitrogens with one attached hydrogen (secondary N) is 1. The minimum atomic E-state index is -0.235. The van der Waals surface area contributed by atoms with Crippen LogP contribution in [0.25, 0.3) is 22.3 Å². The molecule has 0 saturated heterocycles. The van der Waals surface area contributed by atoms with Crippen molar-refractivity contribution in [3.05, 3.63) is 58.2 Å². The maximum atomic E-state index is 12.8. The summed E-state index contributed by atoms with van der Waals surface area (Å²) in [6.45, 7) is 5.92. The van der Waals surface area contributed by atoms with Gasteiger partial charge >= 0.3 is 0 Å². The van der Waals surface area contributed by atoms with Gasteiger partial charge in [0.25, 0.3) is 5.91 Å². The molecular formula is C20H18ClN5OS. The summed E-state index contributed by atoms with van der Waals surface area (Å²) < 4.78 is 1.85. The fourth-order valence-electron chi connectivity index (χ4n) is 2.92. The van der Waals surface area contributed by atoms with Crippen molar-refractivity contribution in [3.8, 4) is 11.3 Å². The van der Waals surface area contributed by atoms with Crippen molar-refractivity contribution in [3.63, 3.8) is 0 Å². The summed E-state index contributed by atoms with van der Waals surface area (Å²) in [6, 6.07) is 9.46. The van der Waals surface area contributed by atoms with Gasteiger partial charge in [-0.15, -0.1) is 11.3 Å². The second-order valence-corrected chi connectivity index (χ2v) is 8.01. The van der Waals surface area contributed by atoms with E-state index >= 15 is 0 Å². The van der Waals surface area contributed by atoms with E-state index in [0.717, 1.165) is 22.3 Å². The monoisotopic (exact) mass is 411 g/mol. The number of amides is 1. The highest BCUT2D eigenvalue weighted by Gasteiger charge is 2.16. The van der Waals surface area contributed by atoms with Crippen LogP contribution in [0.1, 0.15) is 35.9 Å². The normalized spacial score (nSPS) is 11.3. The number of benzene rings is 1. The lowest BCUT2D eigenvalue weighted by atomic mass is 10.1. The van der Waals surface area contributed by atoms with E-state index in [1.807, 2.05) is 61.2 Å². The summed E-state index contributed by atoms with van der Waals surface area (Å²) in [5, 5.41) is 11.2. The molecule has 6 nitrogen and oxygen atoms in total. The number of hydrogen-bond acceptors (Lipinski definition) is 5. The minimum absolute atomic E-state index is 0.200. The van der Waals surface area contributed by atoms with Crippen molar-refractivity contribution in [1.82, 2.24) is 19.7 Å². The first-order chi connectivity index (χ1) is 13.4. The highest BCUT2D eigenvalue weighted by molar-refractivity contribution is 7.14. The second kappa shape index (κ2) is 7.33. The molecule has 0 unspecified atom stereocenters. The number of halogens is 1. The molecular weight excluding hydrogens is 394 g/mol. The topological polar surface area (TPSA) is 72.7 Å². The Morgan fingerprint density at radius 3 is 2.68 bits per heavy atom. The number of thiazole rings is 1. The molecule has 3 aromatic heterocycles. The molecule has 0 fully saturated rings. The summed E-state index contributed by atoms with van der Waals surface area (Å²) >= 11 is 7.31. The number of carbonyl (C=O) groups excluding carboxylic acids is 1. The zero-order chi connectivity index (χ0) is 19.8. The summed E-state index contributed by atoms with van der Waals surface area (Å²) in [5.41, 5.74) is 3.69. The van der Waals surface area contributed by atoms with Gasteiger partial charge in [0, 0.05) is 27.4 Å². The molecule has 1 aromatic carbocycles. The van der Waals surface area contributed by atoms with Gasteiger partial charge in [-0.1, -0.05) is 23.7 Å². The van der Waals surface area contributed by atoms with E-state index in [0.29, 0.717) is 21.4 Å². The van der Waals surface area contributed by atoms with Crippen LogP contribution in [0.3, 0.4) is 0 Å². The first kappa shape index (κ1) is 18.6. The van der Waals surface area contributed by atoms with Crippen molar-refractivity contribution in [2.75, 3.05) is 5.32 Å². The van der Waals surface area contributed by atoms with Crippen LogP contribution in [0, 0.1) is 6.92 Å². The van der Waals surface area contributed by atoms with Crippen LogP contribution >= 0.6 is 22.9 Å². The highest BCUT2D eigenvalue weighted by atomic mass is 35.5. The molecule has 0 radical (unpaired) electrons. The lowest BCUT2D eigenvalue weighted by Crippen LogP contribution is -2.14. The van der Waals surface area contributed by atoms with Crippen molar-refractivity contribution in [2.24, 2.45) is 0 Å². The Bertz CT molecular complexity index is 1160. The average Bonchev–Trinajstić information content (AvgIpc) is 3.28. The van der Waals surface area contributed by atoms with Gasteiger partial charge in [-0.25, -0.2) is 14.6 Å². The smallest absolute Gasteiger partial charge is 0.259 e. The molecule has 8 heteroatoms. The van der Waals surface area contributed by atoms with Crippen LogP contribution in [0.15, 0.2) is 41.9 Å². The van der Waals surface area contributed by atoms with Crippen LogP contribution in [-0.4, -0.2) is 25.7 Å². The summed E-state index contributed by atoms with van der Waals surface area (Å²) in [7, 11) is 0. The number of hydrogen-bond donors (Lipinski definition) is 1. The molecule has 4 aromatic rings. The molecule has 0 atom stereocenters. The highest BCUT2D eigenvalue weighted by Crippen LogP contribution is 2.27. The number of fused-ring (bicyclic) bond motifs is 1. The average molecular weight is 412 g/mol. The molecule has 0 aliphatic carbocycles. The van der Waals surface area contributed by atoms with Gasteiger partial charge in [-0.3, -0.25) is 10.1 Å². The van der Waals surface area contributed by atoms with Gasteiger partial charge in [0.1, 0.15) is 0 Å². The van der Waals surface area contributed by atoms with Gasteiger partial charge in [0.2, 0.25) is 0 Å². The predicted octanol–water partition coefficient (Wildman–Crippen LogP) is 5.35. The third-order valence-corrected chi connectivity index (χ3v) is 5.37. The van der Waals surface area contributed by atoms with Gasteiger partial charge in [0.15, 0.2) is 10.8 Å². The Morgan fingerprint density at radius 1 is 1.21 bits per heavy atom. The summed E-state index contributed by atoms with van der Waals surface area (Å²) in [4.78, 5) is 21.9. The SMILES string of the molecule is Cc1nc2c(cnn2C(C)C)cc1C(=O)Nc1nc(-c2ccc(Cl)cc2)cs1. The van der Waals surface area contributed by atoms with E-state index in [1.54, 1.807) is 6.20 Å². The first-order valence-corrected chi connectivity index (χ1v) is 10.1. The molecule has 0 aliphatic heterocycles. The quantitative estimate of drug-likeness (QED) is 0.491. The van der Waals surface area contributed by atoms with Gasteiger partial charge < -0.3 is 0 Å². The zero-order valence-electron chi connectivity index (χ0n) is 15.6. The Balaban J connectivity index is 1.59. The Morgan fingerprint density at radius 2 is 1.96 bits per heavy atom. The van der Waals surface area contributed by atoms with Crippen LogP contribution in [-0.2, 0) is 0 Å². The van der Waals surface area contributed by atoms with Crippen molar-refractivity contribution in [1.29, 1.82) is 0 Å². The standard InChI is InChI=1S/C20H18ClN5OS/c1-11(2)26-18-14(9-22-26)8-16(12(3)23-18)19(27)25-20-24-17(10-28-20)13-4-6-15(21)7-5-13/h4-11H,1-3H3,(H,24,25,27). The lowest BCUT2D eigenvalue weighted by Gasteiger charge is -2.09. The second-order valence-electron chi connectivity index (χ2n) is 6.72.